The summed E-state index contributed by atoms with van der Waals surface area (Å²) < 4.78 is 6.96. The van der Waals surface area contributed by atoms with E-state index >= 15 is 0 Å². The summed E-state index contributed by atoms with van der Waals surface area (Å²) in [6, 6.07) is 19.5. The quantitative estimate of drug-likeness (QED) is 0.555. The Balaban J connectivity index is 0.00000182. The molecule has 25 heavy (non-hydrogen) atoms. The second-order valence-corrected chi connectivity index (χ2v) is 6.77. The van der Waals surface area contributed by atoms with Gasteiger partial charge in [-0.25, -0.2) is 4.79 Å². The average molecular weight is 359 g/mol. The standard InChI is InChI=1S/C20H23N2O2.ClH/c23-20(18-9-5-2-6-10-18)24-19(17-7-3-1-4-8-17)22-14-11-21(12-15-22)13-16-22;/h1-10,19H,11-16H2;1H/q+1;/p-1. The molecule has 3 heterocycles. The van der Waals surface area contributed by atoms with Gasteiger partial charge in [-0.2, -0.15) is 0 Å². The van der Waals surface area contributed by atoms with Gasteiger partial charge < -0.3 is 17.1 Å². The molecule has 132 valence electrons. The van der Waals surface area contributed by atoms with Gasteiger partial charge in [0.15, 0.2) is 0 Å². The Labute approximate surface area is 155 Å². The van der Waals surface area contributed by atoms with Crippen LogP contribution in [0.25, 0.3) is 0 Å². The monoisotopic (exact) mass is 358 g/mol. The topological polar surface area (TPSA) is 29.5 Å². The van der Waals surface area contributed by atoms with Crippen molar-refractivity contribution in [3.8, 4) is 0 Å². The van der Waals surface area contributed by atoms with Crippen LogP contribution in [0.2, 0.25) is 0 Å². The van der Waals surface area contributed by atoms with Crippen molar-refractivity contribution in [2.75, 3.05) is 39.3 Å². The number of fused-ring (bicyclic) bond motifs is 3. The SMILES string of the molecule is O=C(OC(c1ccccc1)[N+]12CCN(CC1)CC2)c1ccccc1.[Cl-]. The average Bonchev–Trinajstić information content (AvgIpc) is 2.68. The fourth-order valence-electron chi connectivity index (χ4n) is 3.90. The highest BCUT2D eigenvalue weighted by Crippen LogP contribution is 2.35. The first-order valence-electron chi connectivity index (χ1n) is 8.66. The molecule has 0 aliphatic carbocycles. The number of carbonyl (C=O) groups excluding carboxylic acids is 1. The lowest BCUT2D eigenvalue weighted by Crippen LogP contribution is -3.00. The fourth-order valence-corrected chi connectivity index (χ4v) is 3.90. The summed E-state index contributed by atoms with van der Waals surface area (Å²) in [6.07, 6.45) is -0.221. The summed E-state index contributed by atoms with van der Waals surface area (Å²) in [4.78, 5) is 15.2. The number of halogens is 1. The van der Waals surface area contributed by atoms with Crippen LogP contribution in [-0.4, -0.2) is 54.6 Å². The van der Waals surface area contributed by atoms with E-state index in [1.165, 1.54) is 0 Å². The minimum atomic E-state index is -0.232. The van der Waals surface area contributed by atoms with Crippen LogP contribution >= 0.6 is 0 Å². The number of esters is 1. The zero-order valence-corrected chi connectivity index (χ0v) is 14.9. The van der Waals surface area contributed by atoms with Gasteiger partial charge in [-0.15, -0.1) is 0 Å². The first kappa shape index (κ1) is 17.9. The Hall–Kier alpha value is -1.88. The van der Waals surface area contributed by atoms with Gasteiger partial charge >= 0.3 is 5.97 Å². The van der Waals surface area contributed by atoms with Gasteiger partial charge in [0, 0.05) is 19.6 Å². The van der Waals surface area contributed by atoms with E-state index in [9.17, 15) is 4.79 Å². The summed E-state index contributed by atoms with van der Waals surface area (Å²) in [5, 5.41) is 0. The first-order valence-corrected chi connectivity index (χ1v) is 8.66. The van der Waals surface area contributed by atoms with E-state index in [2.05, 4.69) is 17.0 Å². The molecule has 0 amide bonds. The summed E-state index contributed by atoms with van der Waals surface area (Å²) >= 11 is 0. The lowest BCUT2D eigenvalue weighted by molar-refractivity contribution is -0.987. The van der Waals surface area contributed by atoms with Crippen molar-refractivity contribution in [3.63, 3.8) is 0 Å². The molecule has 0 saturated carbocycles. The van der Waals surface area contributed by atoms with Gasteiger partial charge in [0.05, 0.1) is 30.8 Å². The molecular weight excluding hydrogens is 336 g/mol. The Morgan fingerprint density at radius 2 is 1.40 bits per heavy atom. The summed E-state index contributed by atoms with van der Waals surface area (Å²) in [7, 11) is 0. The van der Waals surface area contributed by atoms with Crippen LogP contribution in [-0.2, 0) is 4.74 Å². The molecule has 2 bridgehead atoms. The maximum atomic E-state index is 12.7. The Bertz CT molecular complexity index is 686. The number of rotatable bonds is 4. The van der Waals surface area contributed by atoms with Crippen LogP contribution in [0.15, 0.2) is 60.7 Å². The molecule has 0 spiro atoms. The first-order chi connectivity index (χ1) is 11.8. The second kappa shape index (κ2) is 7.56. The number of carbonyl (C=O) groups is 1. The third kappa shape index (κ3) is 3.56. The molecule has 0 radical (unpaired) electrons. The predicted octanol–water partition coefficient (Wildman–Crippen LogP) is -0.308. The third-order valence-corrected chi connectivity index (χ3v) is 5.40. The largest absolute Gasteiger partial charge is 1.00 e. The van der Waals surface area contributed by atoms with Crippen LogP contribution in [0, 0.1) is 0 Å². The van der Waals surface area contributed by atoms with Gasteiger partial charge in [0.2, 0.25) is 0 Å². The maximum Gasteiger partial charge on any atom is 0.342 e. The van der Waals surface area contributed by atoms with E-state index < -0.39 is 0 Å². The van der Waals surface area contributed by atoms with Gasteiger partial charge in [0.25, 0.3) is 6.23 Å². The van der Waals surface area contributed by atoms with Gasteiger partial charge in [-0.05, 0) is 24.3 Å². The van der Waals surface area contributed by atoms with Crippen molar-refractivity contribution >= 4 is 5.97 Å². The lowest BCUT2D eigenvalue weighted by atomic mass is 10.1. The minimum Gasteiger partial charge on any atom is -1.00 e. The zero-order chi connectivity index (χ0) is 16.4. The number of hydrogen-bond donors (Lipinski definition) is 0. The van der Waals surface area contributed by atoms with E-state index in [-0.39, 0.29) is 24.6 Å². The van der Waals surface area contributed by atoms with E-state index in [1.807, 2.05) is 48.5 Å². The lowest BCUT2D eigenvalue weighted by Gasteiger charge is -2.53. The third-order valence-electron chi connectivity index (χ3n) is 5.40. The van der Waals surface area contributed by atoms with Crippen LogP contribution in [0.5, 0.6) is 0 Å². The zero-order valence-electron chi connectivity index (χ0n) is 14.2. The molecule has 2 aromatic carbocycles. The molecule has 3 aliphatic heterocycles. The molecule has 0 aromatic heterocycles. The molecule has 3 aliphatic rings. The van der Waals surface area contributed by atoms with Crippen LogP contribution in [0.1, 0.15) is 22.1 Å². The summed E-state index contributed by atoms with van der Waals surface area (Å²) in [5.41, 5.74) is 1.71. The van der Waals surface area contributed by atoms with Gasteiger partial charge in [-0.3, -0.25) is 9.38 Å². The van der Waals surface area contributed by atoms with Crippen molar-refractivity contribution in [1.82, 2.24) is 4.90 Å². The highest BCUT2D eigenvalue weighted by atomic mass is 35.5. The molecule has 5 rings (SSSR count). The van der Waals surface area contributed by atoms with Gasteiger partial charge in [-0.1, -0.05) is 36.4 Å². The molecule has 3 fully saturated rings. The fraction of sp³-hybridized carbons (Fsp3) is 0.350. The second-order valence-electron chi connectivity index (χ2n) is 6.77. The van der Waals surface area contributed by atoms with Gasteiger partial charge in [0.1, 0.15) is 0 Å². The van der Waals surface area contributed by atoms with E-state index in [4.69, 9.17) is 4.74 Å². The van der Waals surface area contributed by atoms with Crippen molar-refractivity contribution in [2.45, 2.75) is 6.23 Å². The van der Waals surface area contributed by atoms with E-state index in [0.717, 1.165) is 49.3 Å². The number of nitrogens with zero attached hydrogens (tertiary/aromatic N) is 2. The smallest absolute Gasteiger partial charge is 0.342 e. The number of hydrogen-bond acceptors (Lipinski definition) is 3. The number of piperazine rings is 3. The molecular formula is C20H23ClN2O2. The van der Waals surface area contributed by atoms with Crippen molar-refractivity contribution in [3.05, 3.63) is 71.8 Å². The van der Waals surface area contributed by atoms with Crippen LogP contribution in [0.3, 0.4) is 0 Å². The Kier molecular flexibility index (Phi) is 5.42. The number of quaternary nitrogens is 1. The van der Waals surface area contributed by atoms with Crippen LogP contribution in [0.4, 0.5) is 0 Å². The van der Waals surface area contributed by atoms with E-state index in [1.54, 1.807) is 0 Å². The molecule has 4 nitrogen and oxygen atoms in total. The molecule has 5 heteroatoms. The molecule has 2 aromatic rings. The summed E-state index contributed by atoms with van der Waals surface area (Å²) in [5.74, 6) is -0.232. The predicted molar refractivity (Wildman–Crippen MR) is 92.3 cm³/mol. The summed E-state index contributed by atoms with van der Waals surface area (Å²) in [6.45, 7) is 6.40. The van der Waals surface area contributed by atoms with Crippen LogP contribution < -0.4 is 12.4 Å². The Morgan fingerprint density at radius 1 is 0.880 bits per heavy atom. The van der Waals surface area contributed by atoms with E-state index in [0.29, 0.717) is 5.56 Å². The number of ether oxygens (including phenoxy) is 1. The molecule has 1 unspecified atom stereocenters. The Morgan fingerprint density at radius 3 is 1.96 bits per heavy atom. The molecule has 0 N–H and O–H groups in total. The normalized spacial score (nSPS) is 25.7. The van der Waals surface area contributed by atoms with Crippen molar-refractivity contribution in [1.29, 1.82) is 0 Å². The highest BCUT2D eigenvalue weighted by Gasteiger charge is 2.47. The van der Waals surface area contributed by atoms with Crippen molar-refractivity contribution < 1.29 is 26.4 Å². The molecule has 3 saturated heterocycles. The number of benzene rings is 2. The molecule has 1 atom stereocenters. The highest BCUT2D eigenvalue weighted by molar-refractivity contribution is 5.89. The minimum absolute atomic E-state index is 0. The van der Waals surface area contributed by atoms with Crippen molar-refractivity contribution in [2.24, 2.45) is 0 Å². The maximum absolute atomic E-state index is 12.7.